The average Bonchev–Trinajstić information content (AvgIpc) is 2.39. The van der Waals surface area contributed by atoms with E-state index in [9.17, 15) is 0 Å². The Balaban J connectivity index is 0.00000121. The molecule has 98 valence electrons. The highest BCUT2D eigenvalue weighted by atomic mass is 15.2. The fourth-order valence-corrected chi connectivity index (χ4v) is 1.90. The lowest BCUT2D eigenvalue weighted by Gasteiger charge is -2.34. The highest BCUT2D eigenvalue weighted by Crippen LogP contribution is 2.21. The van der Waals surface area contributed by atoms with Gasteiger partial charge in [-0.2, -0.15) is 0 Å². The molecule has 0 saturated carbocycles. The van der Waals surface area contributed by atoms with Gasteiger partial charge in [-0.15, -0.1) is 0 Å². The van der Waals surface area contributed by atoms with Crippen LogP contribution in [0.25, 0.3) is 0 Å². The topological polar surface area (TPSA) is 15.6 Å². The number of hydrogen-bond donors (Lipinski definition) is 0. The second kappa shape index (κ2) is 8.10. The Labute approximate surface area is 107 Å². The predicted octanol–water partition coefficient (Wildman–Crippen LogP) is 3.91. The summed E-state index contributed by atoms with van der Waals surface area (Å²) in [5, 5.41) is 0. The third kappa shape index (κ3) is 4.37. The van der Waals surface area contributed by atoms with Gasteiger partial charge in [-0.3, -0.25) is 4.99 Å². The molecule has 0 spiro atoms. The second-order valence-corrected chi connectivity index (χ2v) is 4.30. The van der Waals surface area contributed by atoms with Gasteiger partial charge in [0.05, 0.1) is 12.3 Å². The fourth-order valence-electron chi connectivity index (χ4n) is 1.90. The molecule has 0 N–H and O–H groups in total. The maximum atomic E-state index is 4.36. The summed E-state index contributed by atoms with van der Waals surface area (Å²) in [6.07, 6.45) is 3.27. The molecule has 0 amide bonds. The predicted molar refractivity (Wildman–Crippen MR) is 78.6 cm³/mol. The Bertz CT molecular complexity index is 298. The molecule has 1 aliphatic heterocycles. The molecular formula is C15H28N2. The van der Waals surface area contributed by atoms with Crippen molar-refractivity contribution in [1.29, 1.82) is 0 Å². The Kier molecular flexibility index (Phi) is 7.60. The number of likely N-dealkylation sites (tertiary alicyclic amines) is 1. The Hall–Kier alpha value is -1.05. The molecule has 0 atom stereocenters. The van der Waals surface area contributed by atoms with Gasteiger partial charge in [0.2, 0.25) is 0 Å². The third-order valence-corrected chi connectivity index (χ3v) is 3.05. The molecule has 17 heavy (non-hydrogen) atoms. The minimum Gasteiger partial charge on any atom is -0.369 e. The quantitative estimate of drug-likeness (QED) is 0.710. The zero-order valence-corrected chi connectivity index (χ0v) is 12.4. The summed E-state index contributed by atoms with van der Waals surface area (Å²) in [6.45, 7) is 16.6. The van der Waals surface area contributed by atoms with Crippen LogP contribution >= 0.6 is 0 Å². The molecular weight excluding hydrogens is 208 g/mol. The van der Waals surface area contributed by atoms with Crippen LogP contribution in [0.2, 0.25) is 0 Å². The van der Waals surface area contributed by atoms with Crippen LogP contribution < -0.4 is 0 Å². The van der Waals surface area contributed by atoms with Crippen molar-refractivity contribution in [3.05, 3.63) is 23.9 Å². The van der Waals surface area contributed by atoms with E-state index in [0.29, 0.717) is 5.92 Å². The van der Waals surface area contributed by atoms with Gasteiger partial charge in [0.25, 0.3) is 0 Å². The third-order valence-electron chi connectivity index (χ3n) is 3.05. The molecule has 2 nitrogen and oxygen atoms in total. The molecule has 0 aromatic heterocycles. The molecule has 0 bridgehead atoms. The van der Waals surface area contributed by atoms with Gasteiger partial charge in [0.1, 0.15) is 0 Å². The number of piperidine rings is 1. The van der Waals surface area contributed by atoms with E-state index in [2.05, 4.69) is 43.3 Å². The van der Waals surface area contributed by atoms with Crippen molar-refractivity contribution in [2.45, 2.75) is 41.0 Å². The van der Waals surface area contributed by atoms with E-state index in [1.165, 1.54) is 17.0 Å². The highest BCUT2D eigenvalue weighted by Gasteiger charge is 2.20. The largest absolute Gasteiger partial charge is 0.369 e. The van der Waals surface area contributed by atoms with Crippen molar-refractivity contribution in [1.82, 2.24) is 4.90 Å². The first-order valence-corrected chi connectivity index (χ1v) is 6.65. The zero-order chi connectivity index (χ0) is 13.4. The summed E-state index contributed by atoms with van der Waals surface area (Å²) in [4.78, 5) is 6.70. The van der Waals surface area contributed by atoms with Crippen molar-refractivity contribution in [2.75, 3.05) is 20.1 Å². The monoisotopic (exact) mass is 236 g/mol. The van der Waals surface area contributed by atoms with Gasteiger partial charge in [-0.05, 0) is 24.8 Å². The molecule has 0 radical (unpaired) electrons. The van der Waals surface area contributed by atoms with E-state index in [4.69, 9.17) is 0 Å². The zero-order valence-electron chi connectivity index (χ0n) is 12.4. The first-order valence-electron chi connectivity index (χ1n) is 6.65. The van der Waals surface area contributed by atoms with Gasteiger partial charge >= 0.3 is 0 Å². The van der Waals surface area contributed by atoms with Gasteiger partial charge in [-0.1, -0.05) is 40.3 Å². The first-order chi connectivity index (χ1) is 8.10. The van der Waals surface area contributed by atoms with Crippen LogP contribution in [0.1, 0.15) is 41.0 Å². The second-order valence-electron chi connectivity index (χ2n) is 4.30. The van der Waals surface area contributed by atoms with Crippen LogP contribution in [-0.2, 0) is 0 Å². The Morgan fingerprint density at radius 3 is 2.41 bits per heavy atom. The molecule has 1 fully saturated rings. The lowest BCUT2D eigenvalue weighted by atomic mass is 9.99. The highest BCUT2D eigenvalue weighted by molar-refractivity contribution is 6.02. The van der Waals surface area contributed by atoms with Gasteiger partial charge < -0.3 is 4.90 Å². The first kappa shape index (κ1) is 16.0. The Morgan fingerprint density at radius 1 is 1.41 bits per heavy atom. The van der Waals surface area contributed by atoms with E-state index >= 15 is 0 Å². The average molecular weight is 236 g/mol. The number of nitrogens with zero attached hydrogens (tertiary/aromatic N) is 2. The van der Waals surface area contributed by atoms with E-state index in [1.54, 1.807) is 0 Å². The van der Waals surface area contributed by atoms with Crippen LogP contribution in [0.4, 0.5) is 0 Å². The minimum absolute atomic E-state index is 0.523. The van der Waals surface area contributed by atoms with Crippen LogP contribution in [0.15, 0.2) is 28.9 Å². The summed E-state index contributed by atoms with van der Waals surface area (Å²) in [5.41, 5.74) is 3.84. The number of hydrogen-bond acceptors (Lipinski definition) is 2. The molecule has 1 rings (SSSR count). The van der Waals surface area contributed by atoms with Crippen LogP contribution in [0, 0.1) is 5.92 Å². The summed E-state index contributed by atoms with van der Waals surface area (Å²) >= 11 is 0. The fraction of sp³-hybridized carbons (Fsp3) is 0.667. The maximum absolute atomic E-state index is 4.36. The molecule has 0 aromatic rings. The molecule has 1 heterocycles. The summed E-state index contributed by atoms with van der Waals surface area (Å²) < 4.78 is 0. The maximum Gasteiger partial charge on any atom is 0.0597 e. The van der Waals surface area contributed by atoms with Crippen molar-refractivity contribution < 1.29 is 0 Å². The SMILES string of the molecule is C=C(C(C)C)N1CC/C(=C/C)C(=NC)C1.CC. The molecule has 0 unspecified atom stereocenters. The normalized spacial score (nSPS) is 20.5. The van der Waals surface area contributed by atoms with E-state index in [1.807, 2.05) is 20.9 Å². The number of allylic oxidation sites excluding steroid dienone is 2. The van der Waals surface area contributed by atoms with Gasteiger partial charge in [-0.25, -0.2) is 0 Å². The number of rotatable bonds is 2. The van der Waals surface area contributed by atoms with Crippen molar-refractivity contribution in [3.8, 4) is 0 Å². The molecule has 0 aromatic carbocycles. The minimum atomic E-state index is 0.523. The lowest BCUT2D eigenvalue weighted by molar-refractivity contribution is 0.346. The van der Waals surface area contributed by atoms with Crippen molar-refractivity contribution >= 4 is 5.71 Å². The van der Waals surface area contributed by atoms with Crippen molar-refractivity contribution in [2.24, 2.45) is 10.9 Å². The van der Waals surface area contributed by atoms with Gasteiger partial charge in [0.15, 0.2) is 0 Å². The molecule has 1 saturated heterocycles. The summed E-state index contributed by atoms with van der Waals surface area (Å²) in [6, 6.07) is 0. The van der Waals surface area contributed by atoms with E-state index in [-0.39, 0.29) is 0 Å². The standard InChI is InChI=1S/C13H22N2.C2H6/c1-6-12-7-8-15(9-13(12)14-5)11(4)10(2)3;1-2/h6,10H,4,7-9H2,1-3,5H3;1-2H3/b12-6-,14-13?;. The summed E-state index contributed by atoms with van der Waals surface area (Å²) in [5.74, 6) is 0.523. The number of aliphatic imine (C=N–C) groups is 1. The van der Waals surface area contributed by atoms with Crippen LogP contribution in [0.3, 0.4) is 0 Å². The molecule has 1 aliphatic rings. The van der Waals surface area contributed by atoms with Gasteiger partial charge in [0, 0.05) is 19.3 Å². The van der Waals surface area contributed by atoms with Crippen molar-refractivity contribution in [3.63, 3.8) is 0 Å². The lowest BCUT2D eigenvalue weighted by Crippen LogP contribution is -2.37. The van der Waals surface area contributed by atoms with E-state index in [0.717, 1.165) is 19.5 Å². The molecule has 2 heteroatoms. The Morgan fingerprint density at radius 2 is 2.00 bits per heavy atom. The smallest absolute Gasteiger partial charge is 0.0597 e. The van der Waals surface area contributed by atoms with E-state index < -0.39 is 0 Å². The summed E-state index contributed by atoms with van der Waals surface area (Å²) in [7, 11) is 1.88. The molecule has 0 aliphatic carbocycles. The van der Waals surface area contributed by atoms with Crippen LogP contribution in [0.5, 0.6) is 0 Å². The van der Waals surface area contributed by atoms with Crippen LogP contribution in [-0.4, -0.2) is 30.7 Å².